The Morgan fingerprint density at radius 1 is 0.750 bits per heavy atom. The second-order valence-electron chi connectivity index (χ2n) is 11.0. The van der Waals surface area contributed by atoms with E-state index < -0.39 is 52.3 Å². The second kappa shape index (κ2) is 12.3. The average molecular weight is 604 g/mol. The number of rotatable bonds is 10. The summed E-state index contributed by atoms with van der Waals surface area (Å²) in [5.74, 6) is -11.1. The van der Waals surface area contributed by atoms with Crippen molar-refractivity contribution >= 4 is 29.7 Å². The lowest BCUT2D eigenvalue weighted by Crippen LogP contribution is -2.75. The van der Waals surface area contributed by atoms with E-state index in [9.17, 15) is 34.2 Å². The molecule has 2 fully saturated rings. The topological polar surface area (TPSA) is 189 Å². The first-order valence-corrected chi connectivity index (χ1v) is 13.6. The lowest BCUT2D eigenvalue weighted by molar-refractivity contribution is -0.192. The Labute approximate surface area is 251 Å². The number of ether oxygens (including phenoxy) is 2. The molecule has 2 N–H and O–H groups in total. The minimum atomic E-state index is -2.19. The van der Waals surface area contributed by atoms with Crippen LogP contribution in [0.5, 0.6) is 11.8 Å². The molecule has 5 heterocycles. The average Bonchev–Trinajstić information content (AvgIpc) is 2.96. The number of carboxylic acids is 2. The van der Waals surface area contributed by atoms with Gasteiger partial charge in [0.1, 0.15) is 0 Å². The van der Waals surface area contributed by atoms with Crippen LogP contribution in [0.2, 0.25) is 0 Å². The number of likely N-dealkylation sites (tertiary alicyclic amines) is 2. The van der Waals surface area contributed by atoms with E-state index >= 15 is 0 Å². The SMILES string of the molecule is CN1CC2(C(C(=O)O)C(=O)O)CN(Cc3ccccn3)CC(C(C(=O)Oc3ccccn3)C(=O)Oc3ccccn3)(C1)C2=O. The molecule has 14 nitrogen and oxygen atoms in total. The van der Waals surface area contributed by atoms with Crippen molar-refractivity contribution in [3.63, 3.8) is 0 Å². The largest absolute Gasteiger partial charge is 0.481 e. The van der Waals surface area contributed by atoms with Gasteiger partial charge in [-0.15, -0.1) is 0 Å². The third-order valence-corrected chi connectivity index (χ3v) is 7.89. The summed E-state index contributed by atoms with van der Waals surface area (Å²) in [4.78, 5) is 83.2. The van der Waals surface area contributed by atoms with E-state index in [0.29, 0.717) is 5.69 Å². The normalized spacial score (nSPS) is 22.0. The van der Waals surface area contributed by atoms with Gasteiger partial charge in [-0.25, -0.2) is 9.97 Å². The van der Waals surface area contributed by atoms with Gasteiger partial charge in [0.2, 0.25) is 11.8 Å². The molecule has 0 amide bonds. The van der Waals surface area contributed by atoms with E-state index in [2.05, 4.69) is 15.0 Å². The summed E-state index contributed by atoms with van der Waals surface area (Å²) in [6, 6.07) is 14.2. The number of ketones is 1. The summed E-state index contributed by atoms with van der Waals surface area (Å²) in [5, 5.41) is 20.3. The number of Topliss-reactive ketones (excluding diaryl/α,β-unsaturated/α-hetero) is 1. The molecule has 2 saturated heterocycles. The van der Waals surface area contributed by atoms with Crippen molar-refractivity contribution in [1.82, 2.24) is 24.8 Å². The summed E-state index contributed by atoms with van der Waals surface area (Å²) in [6.45, 7) is -0.913. The number of fused-ring (bicyclic) bond motifs is 2. The van der Waals surface area contributed by atoms with E-state index in [1.165, 1.54) is 24.5 Å². The van der Waals surface area contributed by atoms with E-state index in [1.54, 1.807) is 65.5 Å². The van der Waals surface area contributed by atoms with Crippen molar-refractivity contribution in [2.24, 2.45) is 22.7 Å². The monoisotopic (exact) mass is 603 g/mol. The Hall–Kier alpha value is -5.08. The number of hydrogen-bond acceptors (Lipinski definition) is 12. The molecular formula is C30H29N5O9. The number of carbonyl (C=O) groups excluding carboxylic acids is 3. The van der Waals surface area contributed by atoms with Gasteiger partial charge in [-0.1, -0.05) is 18.2 Å². The fraction of sp³-hybridized carbons (Fsp3) is 0.333. The van der Waals surface area contributed by atoms with Crippen molar-refractivity contribution in [2.75, 3.05) is 33.2 Å². The number of carbonyl (C=O) groups is 5. The number of aliphatic carboxylic acids is 2. The molecule has 2 unspecified atom stereocenters. The fourth-order valence-electron chi connectivity index (χ4n) is 6.48. The predicted molar refractivity (Wildman–Crippen MR) is 149 cm³/mol. The Morgan fingerprint density at radius 3 is 1.66 bits per heavy atom. The minimum Gasteiger partial charge on any atom is -0.481 e. The van der Waals surface area contributed by atoms with Crippen LogP contribution in [0.1, 0.15) is 5.69 Å². The first kappa shape index (κ1) is 30.4. The maximum absolute atomic E-state index is 14.8. The predicted octanol–water partition coefficient (Wildman–Crippen LogP) is 0.787. The minimum absolute atomic E-state index is 0.0740. The fourth-order valence-corrected chi connectivity index (χ4v) is 6.48. The van der Waals surface area contributed by atoms with E-state index in [1.807, 2.05) is 0 Å². The summed E-state index contributed by atoms with van der Waals surface area (Å²) in [6.07, 6.45) is 4.29. The third kappa shape index (κ3) is 5.76. The number of hydrogen-bond donors (Lipinski definition) is 2. The highest BCUT2D eigenvalue weighted by molar-refractivity contribution is 6.09. The molecular weight excluding hydrogens is 574 g/mol. The van der Waals surface area contributed by atoms with Crippen LogP contribution in [0.3, 0.4) is 0 Å². The maximum atomic E-state index is 14.8. The molecule has 3 aromatic rings. The lowest BCUT2D eigenvalue weighted by Gasteiger charge is -2.58. The van der Waals surface area contributed by atoms with E-state index in [4.69, 9.17) is 9.47 Å². The number of nitrogens with zero attached hydrogens (tertiary/aromatic N) is 5. The lowest BCUT2D eigenvalue weighted by atomic mass is 9.54. The first-order valence-electron chi connectivity index (χ1n) is 13.6. The molecule has 0 radical (unpaired) electrons. The van der Waals surface area contributed by atoms with Crippen LogP contribution < -0.4 is 9.47 Å². The van der Waals surface area contributed by atoms with Crippen LogP contribution >= 0.6 is 0 Å². The van der Waals surface area contributed by atoms with Crippen molar-refractivity contribution in [2.45, 2.75) is 6.54 Å². The van der Waals surface area contributed by atoms with Crippen LogP contribution in [-0.4, -0.2) is 97.9 Å². The Morgan fingerprint density at radius 2 is 1.23 bits per heavy atom. The third-order valence-electron chi connectivity index (χ3n) is 7.89. The van der Waals surface area contributed by atoms with Gasteiger partial charge in [-0.05, 0) is 31.3 Å². The van der Waals surface area contributed by atoms with Crippen LogP contribution in [0, 0.1) is 22.7 Å². The standard InChI is InChI=1S/C30H29N5O9/c1-34-15-29(22(24(36)37)25(38)39)17-35(14-19-8-2-5-11-31-19)18-30(16-34,28(29)42)23(26(40)43-20-9-3-6-12-32-20)27(41)44-21-10-4-7-13-33-21/h2-13,22-23H,14-18H2,1H3,(H,36,37)(H,38,39). The molecule has 0 saturated carbocycles. The van der Waals surface area contributed by atoms with Gasteiger partial charge in [0, 0.05) is 63.4 Å². The second-order valence-corrected chi connectivity index (χ2v) is 11.0. The molecule has 2 bridgehead atoms. The van der Waals surface area contributed by atoms with Crippen molar-refractivity contribution in [3.05, 3.63) is 78.9 Å². The number of esters is 2. The van der Waals surface area contributed by atoms with Crippen molar-refractivity contribution in [3.8, 4) is 11.8 Å². The van der Waals surface area contributed by atoms with Crippen LogP contribution in [0.25, 0.3) is 0 Å². The molecule has 44 heavy (non-hydrogen) atoms. The molecule has 228 valence electrons. The summed E-state index contributed by atoms with van der Waals surface area (Å²) < 4.78 is 11.0. The maximum Gasteiger partial charge on any atom is 0.328 e. The van der Waals surface area contributed by atoms with E-state index in [0.717, 1.165) is 0 Å². The van der Waals surface area contributed by atoms with Crippen LogP contribution in [0.4, 0.5) is 0 Å². The quantitative estimate of drug-likeness (QED) is 0.244. The van der Waals surface area contributed by atoms with Gasteiger partial charge >= 0.3 is 23.9 Å². The number of pyridine rings is 3. The van der Waals surface area contributed by atoms with Gasteiger partial charge in [0.25, 0.3) is 0 Å². The molecule has 0 aromatic carbocycles. The molecule has 0 spiro atoms. The molecule has 3 aromatic heterocycles. The molecule has 0 aliphatic carbocycles. The Kier molecular flexibility index (Phi) is 8.47. The number of carboxylic acid groups (broad SMARTS) is 2. The smallest absolute Gasteiger partial charge is 0.328 e. The molecule has 5 rings (SSSR count). The van der Waals surface area contributed by atoms with Gasteiger partial charge in [0.05, 0.1) is 16.5 Å². The van der Waals surface area contributed by atoms with Gasteiger partial charge in [-0.2, -0.15) is 0 Å². The number of aromatic nitrogens is 3. The highest BCUT2D eigenvalue weighted by Crippen LogP contribution is 2.51. The van der Waals surface area contributed by atoms with Gasteiger partial charge < -0.3 is 24.6 Å². The molecule has 14 heteroatoms. The zero-order chi connectivity index (χ0) is 31.5. The van der Waals surface area contributed by atoms with E-state index in [-0.39, 0.29) is 44.5 Å². The molecule has 2 atom stereocenters. The number of piperidine rings is 2. The first-order chi connectivity index (χ1) is 21.1. The van der Waals surface area contributed by atoms with Crippen molar-refractivity contribution < 1.29 is 43.7 Å². The van der Waals surface area contributed by atoms with Crippen LogP contribution in [0.15, 0.2) is 73.2 Å². The van der Waals surface area contributed by atoms with Gasteiger partial charge in [-0.3, -0.25) is 33.9 Å². The highest BCUT2D eigenvalue weighted by Gasteiger charge is 2.70. The Bertz CT molecular complexity index is 1490. The van der Waals surface area contributed by atoms with Crippen molar-refractivity contribution in [1.29, 1.82) is 0 Å². The summed E-state index contributed by atoms with van der Waals surface area (Å²) in [7, 11) is 1.57. The van der Waals surface area contributed by atoms with Gasteiger partial charge in [0.15, 0.2) is 17.6 Å². The van der Waals surface area contributed by atoms with Crippen LogP contribution in [-0.2, 0) is 30.5 Å². The molecule has 2 aliphatic rings. The molecule has 2 aliphatic heterocycles. The Balaban J connectivity index is 1.67. The summed E-state index contributed by atoms with van der Waals surface area (Å²) in [5.41, 5.74) is -3.52. The highest BCUT2D eigenvalue weighted by atomic mass is 16.6. The zero-order valence-electron chi connectivity index (χ0n) is 23.6. The summed E-state index contributed by atoms with van der Waals surface area (Å²) >= 11 is 0. The zero-order valence-corrected chi connectivity index (χ0v) is 23.6.